The van der Waals surface area contributed by atoms with Gasteiger partial charge in [-0.05, 0) is 47.2 Å². The summed E-state index contributed by atoms with van der Waals surface area (Å²) < 4.78 is 19.9. The smallest absolute Gasteiger partial charge is 0.287 e. The summed E-state index contributed by atoms with van der Waals surface area (Å²) >= 11 is 0. The zero-order valence-corrected chi connectivity index (χ0v) is 14.1. The third-order valence-corrected chi connectivity index (χ3v) is 4.60. The fraction of sp³-hybridized carbons (Fsp3) is 0.812. The predicted molar refractivity (Wildman–Crippen MR) is 86.5 cm³/mol. The summed E-state index contributed by atoms with van der Waals surface area (Å²) in [7, 11) is 3.92. The van der Waals surface area contributed by atoms with Crippen LogP contribution in [0.15, 0.2) is 17.6 Å². The Bertz CT molecular complexity index is 373. The molecule has 0 spiro atoms. The van der Waals surface area contributed by atoms with E-state index in [1.807, 2.05) is 14.0 Å². The van der Waals surface area contributed by atoms with E-state index in [0.29, 0.717) is 25.2 Å². The zero-order chi connectivity index (χ0) is 16.0. The molecule has 1 saturated heterocycles. The number of hydrogen-bond acceptors (Lipinski definition) is 3. The Balaban J connectivity index is 2.76. The molecule has 0 radical (unpaired) electrons. The van der Waals surface area contributed by atoms with Gasteiger partial charge in [0, 0.05) is 19.6 Å². The lowest BCUT2D eigenvalue weighted by Gasteiger charge is -2.39. The maximum atomic E-state index is 14.0. The van der Waals surface area contributed by atoms with Gasteiger partial charge in [-0.3, -0.25) is 0 Å². The molecule has 1 rings (SSSR count). The molecular weight excluding hydrogens is 269 g/mol. The number of ether oxygens (including phenoxy) is 1. The Morgan fingerprint density at radius 2 is 2.33 bits per heavy atom. The summed E-state index contributed by atoms with van der Waals surface area (Å²) in [5, 5.41) is 0. The Morgan fingerprint density at radius 3 is 2.76 bits per heavy atom. The first-order valence-corrected chi connectivity index (χ1v) is 7.75. The van der Waals surface area contributed by atoms with Crippen LogP contribution in [0.5, 0.6) is 0 Å². The van der Waals surface area contributed by atoms with Crippen molar-refractivity contribution in [2.24, 2.45) is 4.99 Å². The molecule has 1 aliphatic heterocycles. The molecule has 0 bridgehead atoms. The molecular formula is C16H30FN3O. The highest BCUT2D eigenvalue weighted by Crippen LogP contribution is 2.23. The van der Waals surface area contributed by atoms with Crippen molar-refractivity contribution in [1.82, 2.24) is 9.80 Å². The standard InChI is InChI=1S/C16H30FN3O/c1-7-16(4,13(3)17)20(6)15(18-8-2)21-12-14-10-9-11-19(14)5/h7,13-14H,1,8-12H2,2-6H3/b18-15+/t13?,14-,16+/m0/s1. The van der Waals surface area contributed by atoms with Gasteiger partial charge in [-0.15, -0.1) is 6.58 Å². The molecule has 1 heterocycles. The minimum Gasteiger partial charge on any atom is -0.463 e. The summed E-state index contributed by atoms with van der Waals surface area (Å²) in [6.07, 6.45) is 2.89. The highest BCUT2D eigenvalue weighted by Gasteiger charge is 2.36. The fourth-order valence-corrected chi connectivity index (χ4v) is 2.52. The quantitative estimate of drug-likeness (QED) is 0.429. The third-order valence-electron chi connectivity index (χ3n) is 4.60. The summed E-state index contributed by atoms with van der Waals surface area (Å²) in [6.45, 7) is 11.4. The van der Waals surface area contributed by atoms with E-state index in [2.05, 4.69) is 23.5 Å². The van der Waals surface area contributed by atoms with E-state index in [1.165, 1.54) is 13.3 Å². The molecule has 5 heteroatoms. The minimum atomic E-state index is -1.07. The van der Waals surface area contributed by atoms with Gasteiger partial charge < -0.3 is 14.5 Å². The highest BCUT2D eigenvalue weighted by atomic mass is 19.1. The second-order valence-electron chi connectivity index (χ2n) is 5.95. The van der Waals surface area contributed by atoms with Gasteiger partial charge in [0.25, 0.3) is 6.02 Å². The number of amidine groups is 1. The third kappa shape index (κ3) is 4.19. The number of alkyl halides is 1. The molecule has 1 aliphatic rings. The van der Waals surface area contributed by atoms with E-state index in [4.69, 9.17) is 4.74 Å². The van der Waals surface area contributed by atoms with Crippen LogP contribution in [0.1, 0.15) is 33.6 Å². The van der Waals surface area contributed by atoms with Crippen molar-refractivity contribution in [3.8, 4) is 0 Å². The van der Waals surface area contributed by atoms with Gasteiger partial charge in [-0.2, -0.15) is 0 Å². The van der Waals surface area contributed by atoms with Crippen LogP contribution < -0.4 is 0 Å². The lowest BCUT2D eigenvalue weighted by atomic mass is 9.96. The first-order chi connectivity index (χ1) is 9.86. The summed E-state index contributed by atoms with van der Waals surface area (Å²) in [5.41, 5.74) is -0.824. The summed E-state index contributed by atoms with van der Waals surface area (Å²) in [6, 6.07) is 0.906. The van der Waals surface area contributed by atoms with Crippen LogP contribution >= 0.6 is 0 Å². The minimum absolute atomic E-state index is 0.415. The maximum Gasteiger partial charge on any atom is 0.287 e. The fourth-order valence-electron chi connectivity index (χ4n) is 2.52. The van der Waals surface area contributed by atoms with E-state index < -0.39 is 11.7 Å². The van der Waals surface area contributed by atoms with E-state index in [-0.39, 0.29) is 0 Å². The van der Waals surface area contributed by atoms with Crippen LogP contribution in [0.3, 0.4) is 0 Å². The number of rotatable bonds is 6. The molecule has 0 N–H and O–H groups in total. The Labute approximate surface area is 128 Å². The molecule has 21 heavy (non-hydrogen) atoms. The SMILES string of the molecule is C=C[C@](C)(C(C)F)N(C)/C(=N\CC)OC[C@@H]1CCCN1C. The number of hydrogen-bond donors (Lipinski definition) is 0. The lowest BCUT2D eigenvalue weighted by molar-refractivity contribution is 0.104. The molecule has 1 fully saturated rings. The van der Waals surface area contributed by atoms with E-state index in [0.717, 1.165) is 13.0 Å². The number of aliphatic imine (C=N–C) groups is 1. The van der Waals surface area contributed by atoms with Gasteiger partial charge in [0.2, 0.25) is 0 Å². The second-order valence-corrected chi connectivity index (χ2v) is 5.95. The Morgan fingerprint density at radius 1 is 1.67 bits per heavy atom. The van der Waals surface area contributed by atoms with Crippen LogP contribution in [-0.2, 0) is 4.74 Å². The Hall–Kier alpha value is -1.10. The summed E-state index contributed by atoms with van der Waals surface area (Å²) in [4.78, 5) is 8.45. The van der Waals surface area contributed by atoms with Crippen molar-refractivity contribution in [2.75, 3.05) is 33.8 Å². The number of likely N-dealkylation sites (tertiary alicyclic amines) is 1. The lowest BCUT2D eigenvalue weighted by Crippen LogP contribution is -2.52. The summed E-state index contributed by atoms with van der Waals surface area (Å²) in [5.74, 6) is 0. The first-order valence-electron chi connectivity index (χ1n) is 7.75. The number of likely N-dealkylation sites (N-methyl/N-ethyl adjacent to an activating group) is 2. The van der Waals surface area contributed by atoms with Crippen LogP contribution in [0.25, 0.3) is 0 Å². The highest BCUT2D eigenvalue weighted by molar-refractivity contribution is 5.75. The monoisotopic (exact) mass is 299 g/mol. The topological polar surface area (TPSA) is 28.1 Å². The van der Waals surface area contributed by atoms with Gasteiger partial charge in [-0.1, -0.05) is 6.08 Å². The molecule has 0 saturated carbocycles. The van der Waals surface area contributed by atoms with Gasteiger partial charge in [0.15, 0.2) is 0 Å². The first kappa shape index (κ1) is 18.0. The van der Waals surface area contributed by atoms with Crippen molar-refractivity contribution in [1.29, 1.82) is 0 Å². The average Bonchev–Trinajstić information content (AvgIpc) is 2.86. The van der Waals surface area contributed by atoms with E-state index >= 15 is 0 Å². The molecule has 0 aromatic carbocycles. The molecule has 122 valence electrons. The number of halogens is 1. The average molecular weight is 299 g/mol. The van der Waals surface area contributed by atoms with Gasteiger partial charge in [0.1, 0.15) is 12.8 Å². The van der Waals surface area contributed by atoms with Crippen molar-refractivity contribution < 1.29 is 9.13 Å². The Kier molecular flexibility index (Phi) is 6.65. The predicted octanol–water partition coefficient (Wildman–Crippen LogP) is 2.71. The molecule has 0 aromatic rings. The molecule has 0 aromatic heterocycles. The van der Waals surface area contributed by atoms with Crippen LogP contribution in [0.4, 0.5) is 4.39 Å². The van der Waals surface area contributed by atoms with Crippen LogP contribution in [0.2, 0.25) is 0 Å². The van der Waals surface area contributed by atoms with Crippen LogP contribution in [0, 0.1) is 0 Å². The van der Waals surface area contributed by atoms with Gasteiger partial charge in [0.05, 0.1) is 5.54 Å². The molecule has 1 unspecified atom stereocenters. The van der Waals surface area contributed by atoms with Crippen LogP contribution in [-0.4, -0.2) is 67.4 Å². The van der Waals surface area contributed by atoms with Crippen molar-refractivity contribution >= 4 is 6.02 Å². The van der Waals surface area contributed by atoms with Gasteiger partial charge in [-0.25, -0.2) is 9.38 Å². The maximum absolute atomic E-state index is 14.0. The van der Waals surface area contributed by atoms with E-state index in [9.17, 15) is 4.39 Å². The van der Waals surface area contributed by atoms with Crippen molar-refractivity contribution in [3.05, 3.63) is 12.7 Å². The zero-order valence-electron chi connectivity index (χ0n) is 14.1. The molecule has 3 atom stereocenters. The molecule has 0 aliphatic carbocycles. The number of nitrogens with zero attached hydrogens (tertiary/aromatic N) is 3. The normalized spacial score (nSPS) is 24.5. The molecule has 4 nitrogen and oxygen atoms in total. The largest absolute Gasteiger partial charge is 0.463 e. The molecule has 0 amide bonds. The van der Waals surface area contributed by atoms with Crippen molar-refractivity contribution in [2.45, 2.75) is 51.4 Å². The second kappa shape index (κ2) is 7.78. The van der Waals surface area contributed by atoms with E-state index in [1.54, 1.807) is 17.9 Å². The van der Waals surface area contributed by atoms with Gasteiger partial charge >= 0.3 is 0 Å². The van der Waals surface area contributed by atoms with Crippen molar-refractivity contribution in [3.63, 3.8) is 0 Å².